The van der Waals surface area contributed by atoms with Gasteiger partial charge in [0.05, 0.1) is 30.0 Å². The van der Waals surface area contributed by atoms with Gasteiger partial charge in [-0.25, -0.2) is 9.78 Å². The largest absolute Gasteiger partial charge is 0.495 e. The van der Waals surface area contributed by atoms with E-state index in [1.165, 1.54) is 14.2 Å². The van der Waals surface area contributed by atoms with E-state index < -0.39 is 0 Å². The zero-order valence-corrected chi connectivity index (χ0v) is 16.1. The molecule has 27 heavy (non-hydrogen) atoms. The Hall–Kier alpha value is -2.97. The van der Waals surface area contributed by atoms with E-state index in [2.05, 4.69) is 4.98 Å². The van der Waals surface area contributed by atoms with Crippen LogP contribution in [0.1, 0.15) is 16.8 Å². The molecule has 2 aromatic rings. The summed E-state index contributed by atoms with van der Waals surface area (Å²) in [5.41, 5.74) is 2.61. The van der Waals surface area contributed by atoms with Crippen molar-refractivity contribution < 1.29 is 14.3 Å². The summed E-state index contributed by atoms with van der Waals surface area (Å²) >= 11 is 13.0. The van der Waals surface area contributed by atoms with Crippen molar-refractivity contribution in [2.24, 2.45) is 0 Å². The third-order valence-electron chi connectivity index (χ3n) is 4.22. The lowest BCUT2D eigenvalue weighted by Gasteiger charge is -2.29. The molecule has 136 valence electrons. The van der Waals surface area contributed by atoms with E-state index in [-0.39, 0.29) is 21.4 Å². The van der Waals surface area contributed by atoms with Crippen molar-refractivity contribution in [3.05, 3.63) is 50.9 Å². The Morgan fingerprint density at radius 3 is 2.30 bits per heavy atom. The van der Waals surface area contributed by atoms with Gasteiger partial charge >= 0.3 is 0 Å². The number of fused-ring (bicyclic) bond motifs is 1. The number of hydrogen-bond acceptors (Lipinski definition) is 6. The number of carbonyl (C=O) groups excluding carboxylic acids is 1. The molecule has 0 unspecified atom stereocenters. The molecule has 0 atom stereocenters. The number of halogens is 2. The van der Waals surface area contributed by atoms with E-state index in [9.17, 15) is 4.79 Å². The Bertz CT molecular complexity index is 1040. The normalized spacial score (nSPS) is 12.7. The fourth-order valence-electron chi connectivity index (χ4n) is 2.88. The monoisotopic (exact) mass is 401 g/mol. The van der Waals surface area contributed by atoms with Crippen molar-refractivity contribution in [3.63, 3.8) is 0 Å². The van der Waals surface area contributed by atoms with Gasteiger partial charge in [0.15, 0.2) is 5.94 Å². The Balaban J connectivity index is 2.35. The Labute approximate surface area is 165 Å². The molecular weight excluding hydrogens is 389 g/mol. The Kier molecular flexibility index (Phi) is 5.11. The molecule has 0 radical (unpaired) electrons. The SMILES string of the molecule is COc1cc(OC)c(Cl)c(C2=Cc3cnc(C#N)cc3N(C)C2=C=O)c1Cl. The summed E-state index contributed by atoms with van der Waals surface area (Å²) in [5.74, 6) is 2.64. The number of anilines is 1. The van der Waals surface area contributed by atoms with Crippen LogP contribution in [0.2, 0.25) is 10.0 Å². The predicted octanol–water partition coefficient (Wildman–Crippen LogP) is 3.98. The number of benzene rings is 1. The number of hydrogen-bond donors (Lipinski definition) is 0. The van der Waals surface area contributed by atoms with Crippen LogP contribution in [0.3, 0.4) is 0 Å². The Morgan fingerprint density at radius 2 is 1.78 bits per heavy atom. The zero-order valence-electron chi connectivity index (χ0n) is 14.6. The van der Waals surface area contributed by atoms with Crippen LogP contribution < -0.4 is 14.4 Å². The van der Waals surface area contributed by atoms with Gasteiger partial charge in [-0.15, -0.1) is 0 Å². The minimum atomic E-state index is 0.205. The number of nitriles is 1. The molecular formula is C19H13Cl2N3O3. The minimum absolute atomic E-state index is 0.205. The molecule has 0 fully saturated rings. The van der Waals surface area contributed by atoms with E-state index in [1.807, 2.05) is 12.0 Å². The summed E-state index contributed by atoms with van der Waals surface area (Å²) in [6.07, 6.45) is 3.26. The van der Waals surface area contributed by atoms with E-state index >= 15 is 0 Å². The molecule has 0 spiro atoms. The van der Waals surface area contributed by atoms with Crippen LogP contribution in [-0.2, 0) is 4.79 Å². The number of pyridine rings is 1. The number of likely N-dealkylation sites (N-methyl/N-ethyl adjacent to an activating group) is 1. The summed E-state index contributed by atoms with van der Waals surface area (Å²) < 4.78 is 10.6. The first-order chi connectivity index (χ1) is 13.0. The maximum absolute atomic E-state index is 11.8. The van der Waals surface area contributed by atoms with Crippen LogP contribution in [0.4, 0.5) is 5.69 Å². The van der Waals surface area contributed by atoms with Crippen LogP contribution in [0.15, 0.2) is 24.0 Å². The summed E-state index contributed by atoms with van der Waals surface area (Å²) in [6.45, 7) is 0. The summed E-state index contributed by atoms with van der Waals surface area (Å²) in [4.78, 5) is 17.5. The number of rotatable bonds is 3. The second-order valence-corrected chi connectivity index (χ2v) is 6.35. The second kappa shape index (κ2) is 7.34. The van der Waals surface area contributed by atoms with E-state index in [0.717, 1.165) is 0 Å². The van der Waals surface area contributed by atoms with Crippen molar-refractivity contribution >= 4 is 46.5 Å². The van der Waals surface area contributed by atoms with Crippen molar-refractivity contribution in [1.82, 2.24) is 4.98 Å². The lowest BCUT2D eigenvalue weighted by molar-refractivity contribution is 0.394. The number of methoxy groups -OCH3 is 2. The quantitative estimate of drug-likeness (QED) is 0.723. The van der Waals surface area contributed by atoms with E-state index in [4.69, 9.17) is 37.9 Å². The van der Waals surface area contributed by atoms with Gasteiger partial charge < -0.3 is 14.4 Å². The molecule has 0 aliphatic carbocycles. The fraction of sp³-hybridized carbons (Fsp3) is 0.158. The molecule has 8 heteroatoms. The number of nitrogens with zero attached hydrogens (tertiary/aromatic N) is 3. The van der Waals surface area contributed by atoms with Crippen molar-refractivity contribution in [3.8, 4) is 17.6 Å². The number of aromatic nitrogens is 1. The summed E-state index contributed by atoms with van der Waals surface area (Å²) in [6, 6.07) is 5.14. The van der Waals surface area contributed by atoms with Gasteiger partial charge in [-0.2, -0.15) is 5.26 Å². The van der Waals surface area contributed by atoms with Crippen LogP contribution in [0.25, 0.3) is 11.6 Å². The lowest BCUT2D eigenvalue weighted by atomic mass is 9.94. The van der Waals surface area contributed by atoms with Gasteiger partial charge in [0, 0.05) is 36.0 Å². The predicted molar refractivity (Wildman–Crippen MR) is 104 cm³/mol. The van der Waals surface area contributed by atoms with Crippen LogP contribution in [0, 0.1) is 11.3 Å². The zero-order chi connectivity index (χ0) is 19.7. The first-order valence-electron chi connectivity index (χ1n) is 7.68. The molecule has 0 saturated carbocycles. The first kappa shape index (κ1) is 18.8. The molecule has 3 rings (SSSR count). The van der Waals surface area contributed by atoms with Crippen LogP contribution in [-0.4, -0.2) is 32.2 Å². The van der Waals surface area contributed by atoms with Crippen molar-refractivity contribution in [2.45, 2.75) is 0 Å². The molecule has 0 N–H and O–H groups in total. The maximum Gasteiger partial charge on any atom is 0.151 e. The van der Waals surface area contributed by atoms with Gasteiger partial charge in [-0.3, -0.25) is 0 Å². The molecule has 0 saturated heterocycles. The second-order valence-electron chi connectivity index (χ2n) is 5.59. The van der Waals surface area contributed by atoms with Crippen LogP contribution >= 0.6 is 23.2 Å². The molecule has 2 heterocycles. The van der Waals surface area contributed by atoms with Gasteiger partial charge in [-0.05, 0) is 12.1 Å². The van der Waals surface area contributed by atoms with Crippen LogP contribution in [0.5, 0.6) is 11.5 Å². The lowest BCUT2D eigenvalue weighted by Crippen LogP contribution is -2.22. The van der Waals surface area contributed by atoms with Gasteiger partial charge in [-0.1, -0.05) is 23.2 Å². The number of ether oxygens (including phenoxy) is 2. The van der Waals surface area contributed by atoms with Gasteiger partial charge in [0.25, 0.3) is 0 Å². The molecule has 0 bridgehead atoms. The topological polar surface area (TPSA) is 75.5 Å². The summed E-state index contributed by atoms with van der Waals surface area (Å²) in [7, 11) is 4.63. The molecule has 1 aliphatic heterocycles. The molecule has 1 aromatic heterocycles. The first-order valence-corrected chi connectivity index (χ1v) is 8.43. The van der Waals surface area contributed by atoms with Crippen molar-refractivity contribution in [1.29, 1.82) is 5.26 Å². The smallest absolute Gasteiger partial charge is 0.151 e. The Morgan fingerprint density at radius 1 is 1.15 bits per heavy atom. The molecule has 1 aromatic carbocycles. The molecule has 1 aliphatic rings. The van der Waals surface area contributed by atoms with Crippen molar-refractivity contribution in [2.75, 3.05) is 26.2 Å². The highest BCUT2D eigenvalue weighted by Gasteiger charge is 2.29. The summed E-state index contributed by atoms with van der Waals surface area (Å²) in [5, 5.41) is 9.55. The van der Waals surface area contributed by atoms with Gasteiger partial charge in [0.2, 0.25) is 0 Å². The highest BCUT2D eigenvalue weighted by Crippen LogP contribution is 2.48. The third kappa shape index (κ3) is 3.02. The average molecular weight is 402 g/mol. The standard InChI is InChI=1S/C19H13Cl2N3O3/c1-24-13-5-11(7-22)23-8-10(13)4-12(14(24)9-25)17-18(20)15(26-2)6-16(27-3)19(17)21/h4-6,8H,1-3H3. The number of allylic oxidation sites excluding steroid dienone is 1. The molecule has 6 nitrogen and oxygen atoms in total. The average Bonchev–Trinajstić information content (AvgIpc) is 2.68. The fourth-order valence-corrected chi connectivity index (χ4v) is 3.58. The van der Waals surface area contributed by atoms with Gasteiger partial charge in [0.1, 0.15) is 29.0 Å². The minimum Gasteiger partial charge on any atom is -0.495 e. The highest BCUT2D eigenvalue weighted by atomic mass is 35.5. The van der Waals surface area contributed by atoms with E-state index in [0.29, 0.717) is 33.9 Å². The molecule has 0 amide bonds. The maximum atomic E-state index is 11.8. The third-order valence-corrected chi connectivity index (χ3v) is 4.97. The van der Waals surface area contributed by atoms with E-state index in [1.54, 1.807) is 36.4 Å². The highest BCUT2D eigenvalue weighted by molar-refractivity contribution is 6.40.